The minimum atomic E-state index is 0. The average Bonchev–Trinajstić information content (AvgIpc) is 2.73. The van der Waals surface area contributed by atoms with E-state index in [1.807, 2.05) is 25.8 Å². The van der Waals surface area contributed by atoms with Crippen molar-refractivity contribution in [1.82, 2.24) is 15.5 Å². The molecule has 1 heterocycles. The van der Waals surface area contributed by atoms with Gasteiger partial charge in [0, 0.05) is 38.6 Å². The van der Waals surface area contributed by atoms with Crippen molar-refractivity contribution in [2.24, 2.45) is 10.9 Å². The number of aliphatic imine (C=N–C) groups is 1. The molecule has 0 aromatic heterocycles. The highest BCUT2D eigenvalue weighted by Crippen LogP contribution is 2.18. The number of hydrogen-bond acceptors (Lipinski definition) is 2. The third kappa shape index (κ3) is 6.32. The van der Waals surface area contributed by atoms with Gasteiger partial charge in [-0.2, -0.15) is 0 Å². The van der Waals surface area contributed by atoms with Gasteiger partial charge in [0.1, 0.15) is 0 Å². The number of hydrogen-bond donors (Lipinski definition) is 2. The van der Waals surface area contributed by atoms with E-state index in [1.54, 1.807) is 0 Å². The highest BCUT2D eigenvalue weighted by atomic mass is 127. The van der Waals surface area contributed by atoms with E-state index in [0.29, 0.717) is 6.04 Å². The van der Waals surface area contributed by atoms with Crippen LogP contribution in [0.5, 0.6) is 0 Å². The molecule has 0 unspecified atom stereocenters. The van der Waals surface area contributed by atoms with Crippen LogP contribution in [0.15, 0.2) is 47.5 Å². The SMILES string of the molecule is CN=C(NCCc1cccc2ccccc12)NC1CCN(C(=O)C(C)C)CC1.I. The fourth-order valence-electron chi connectivity index (χ4n) is 3.82. The number of amides is 1. The Hall–Kier alpha value is -1.83. The van der Waals surface area contributed by atoms with E-state index in [9.17, 15) is 4.79 Å². The Labute approximate surface area is 191 Å². The molecule has 0 aliphatic carbocycles. The van der Waals surface area contributed by atoms with Crippen molar-refractivity contribution in [1.29, 1.82) is 0 Å². The Morgan fingerprint density at radius 2 is 1.83 bits per heavy atom. The smallest absolute Gasteiger partial charge is 0.225 e. The van der Waals surface area contributed by atoms with Crippen molar-refractivity contribution in [3.63, 3.8) is 0 Å². The van der Waals surface area contributed by atoms with Gasteiger partial charge in [-0.3, -0.25) is 9.79 Å². The van der Waals surface area contributed by atoms with Gasteiger partial charge in [0.05, 0.1) is 0 Å². The van der Waals surface area contributed by atoms with E-state index in [4.69, 9.17) is 0 Å². The fraction of sp³-hybridized carbons (Fsp3) is 0.478. The number of rotatable bonds is 5. The van der Waals surface area contributed by atoms with Gasteiger partial charge in [-0.1, -0.05) is 56.3 Å². The van der Waals surface area contributed by atoms with Crippen LogP contribution in [0.4, 0.5) is 0 Å². The van der Waals surface area contributed by atoms with Gasteiger partial charge in [0.2, 0.25) is 5.91 Å². The number of nitrogens with one attached hydrogen (secondary N) is 2. The second kappa shape index (κ2) is 11.4. The molecular weight excluding hydrogens is 475 g/mol. The molecule has 0 saturated carbocycles. The number of nitrogens with zero attached hydrogens (tertiary/aromatic N) is 2. The molecule has 6 heteroatoms. The first-order valence-electron chi connectivity index (χ1n) is 10.3. The molecule has 1 saturated heterocycles. The first-order chi connectivity index (χ1) is 13.6. The van der Waals surface area contributed by atoms with E-state index in [1.165, 1.54) is 16.3 Å². The summed E-state index contributed by atoms with van der Waals surface area (Å²) in [6.45, 7) is 6.41. The summed E-state index contributed by atoms with van der Waals surface area (Å²) in [6, 6.07) is 15.3. The summed E-state index contributed by atoms with van der Waals surface area (Å²) in [7, 11) is 1.81. The Balaban J connectivity index is 0.00000300. The number of carbonyl (C=O) groups is 1. The summed E-state index contributed by atoms with van der Waals surface area (Å²) in [5.74, 6) is 1.18. The molecule has 29 heavy (non-hydrogen) atoms. The lowest BCUT2D eigenvalue weighted by Gasteiger charge is -2.34. The molecule has 2 aromatic rings. The van der Waals surface area contributed by atoms with Gasteiger partial charge >= 0.3 is 0 Å². The van der Waals surface area contributed by atoms with Gasteiger partial charge < -0.3 is 15.5 Å². The molecule has 0 atom stereocenters. The van der Waals surface area contributed by atoms with Crippen molar-refractivity contribution in [3.05, 3.63) is 48.0 Å². The minimum Gasteiger partial charge on any atom is -0.356 e. The van der Waals surface area contributed by atoms with Crippen molar-refractivity contribution in [2.75, 3.05) is 26.7 Å². The maximum absolute atomic E-state index is 12.1. The lowest BCUT2D eigenvalue weighted by Crippen LogP contribution is -2.50. The van der Waals surface area contributed by atoms with Crippen molar-refractivity contribution < 1.29 is 4.79 Å². The maximum Gasteiger partial charge on any atom is 0.225 e. The number of halogens is 1. The molecule has 0 spiro atoms. The molecule has 0 bridgehead atoms. The zero-order chi connectivity index (χ0) is 19.9. The molecule has 5 nitrogen and oxygen atoms in total. The van der Waals surface area contributed by atoms with Crippen molar-refractivity contribution in [2.45, 2.75) is 39.2 Å². The second-order valence-corrected chi connectivity index (χ2v) is 7.79. The number of carbonyl (C=O) groups excluding carboxylic acids is 1. The molecule has 2 N–H and O–H groups in total. The first-order valence-corrected chi connectivity index (χ1v) is 10.3. The largest absolute Gasteiger partial charge is 0.356 e. The van der Waals surface area contributed by atoms with Gasteiger partial charge in [0.25, 0.3) is 0 Å². The van der Waals surface area contributed by atoms with Crippen LogP contribution < -0.4 is 10.6 Å². The molecule has 2 aromatic carbocycles. The molecule has 3 rings (SSSR count). The molecule has 1 aliphatic rings. The van der Waals surface area contributed by atoms with Crippen LogP contribution in [0.3, 0.4) is 0 Å². The Bertz CT molecular complexity index is 823. The highest BCUT2D eigenvalue weighted by molar-refractivity contribution is 14.0. The van der Waals surface area contributed by atoms with Crippen LogP contribution in [0.1, 0.15) is 32.3 Å². The Morgan fingerprint density at radius 1 is 1.14 bits per heavy atom. The summed E-state index contributed by atoms with van der Waals surface area (Å²) >= 11 is 0. The van der Waals surface area contributed by atoms with E-state index in [2.05, 4.69) is 58.1 Å². The lowest BCUT2D eigenvalue weighted by atomic mass is 10.0. The summed E-state index contributed by atoms with van der Waals surface area (Å²) < 4.78 is 0. The topological polar surface area (TPSA) is 56.7 Å². The minimum absolute atomic E-state index is 0. The van der Waals surface area contributed by atoms with Crippen LogP contribution in [0.25, 0.3) is 10.8 Å². The zero-order valence-corrected chi connectivity index (χ0v) is 20.0. The van der Waals surface area contributed by atoms with Gasteiger partial charge in [-0.25, -0.2) is 0 Å². The van der Waals surface area contributed by atoms with Crippen LogP contribution >= 0.6 is 24.0 Å². The molecule has 1 aliphatic heterocycles. The standard InChI is InChI=1S/C23H32N4O.HI/c1-17(2)22(28)27-15-12-20(13-16-27)26-23(24-3)25-14-11-19-9-6-8-18-7-4-5-10-21(18)19;/h4-10,17,20H,11-16H2,1-3H3,(H2,24,25,26);1H. The predicted molar refractivity (Wildman–Crippen MR) is 132 cm³/mol. The number of piperidine rings is 1. The molecule has 1 amide bonds. The van der Waals surface area contributed by atoms with Crippen LogP contribution in [-0.2, 0) is 11.2 Å². The van der Waals surface area contributed by atoms with Gasteiger partial charge in [0.15, 0.2) is 5.96 Å². The summed E-state index contributed by atoms with van der Waals surface area (Å²) in [4.78, 5) is 18.5. The lowest BCUT2D eigenvalue weighted by molar-refractivity contribution is -0.135. The average molecular weight is 508 g/mol. The number of fused-ring (bicyclic) bond motifs is 1. The monoisotopic (exact) mass is 508 g/mol. The Kier molecular flexibility index (Phi) is 9.20. The van der Waals surface area contributed by atoms with E-state index >= 15 is 0 Å². The summed E-state index contributed by atoms with van der Waals surface area (Å²) in [5.41, 5.74) is 1.35. The summed E-state index contributed by atoms with van der Waals surface area (Å²) in [6.07, 6.45) is 2.87. The second-order valence-electron chi connectivity index (χ2n) is 7.79. The van der Waals surface area contributed by atoms with Crippen molar-refractivity contribution >= 4 is 46.6 Å². The molecular formula is C23H33IN4O. The quantitative estimate of drug-likeness (QED) is 0.367. The van der Waals surface area contributed by atoms with E-state index in [-0.39, 0.29) is 35.8 Å². The predicted octanol–water partition coefficient (Wildman–Crippen LogP) is 3.81. The van der Waals surface area contributed by atoms with E-state index < -0.39 is 0 Å². The molecule has 1 fully saturated rings. The third-order valence-corrected chi connectivity index (χ3v) is 5.43. The number of benzene rings is 2. The number of guanidine groups is 1. The first kappa shape index (κ1) is 23.4. The maximum atomic E-state index is 12.1. The van der Waals surface area contributed by atoms with Crippen LogP contribution in [0.2, 0.25) is 0 Å². The van der Waals surface area contributed by atoms with Gasteiger partial charge in [-0.05, 0) is 35.6 Å². The van der Waals surface area contributed by atoms with Gasteiger partial charge in [-0.15, -0.1) is 24.0 Å². The van der Waals surface area contributed by atoms with Crippen molar-refractivity contribution in [3.8, 4) is 0 Å². The van der Waals surface area contributed by atoms with E-state index in [0.717, 1.165) is 44.9 Å². The number of likely N-dealkylation sites (tertiary alicyclic amines) is 1. The van der Waals surface area contributed by atoms with Crippen LogP contribution in [-0.4, -0.2) is 49.5 Å². The zero-order valence-electron chi connectivity index (χ0n) is 17.6. The fourth-order valence-corrected chi connectivity index (χ4v) is 3.82. The molecule has 0 radical (unpaired) electrons. The Morgan fingerprint density at radius 3 is 2.52 bits per heavy atom. The summed E-state index contributed by atoms with van der Waals surface area (Å²) in [5, 5.41) is 9.56. The highest BCUT2D eigenvalue weighted by Gasteiger charge is 2.24. The van der Waals surface area contributed by atoms with Crippen LogP contribution in [0, 0.1) is 5.92 Å². The normalized spacial score (nSPS) is 15.3. The molecule has 158 valence electrons. The third-order valence-electron chi connectivity index (χ3n) is 5.43.